The Kier molecular flexibility index (Phi) is 3.05. The molecule has 0 heterocycles. The van der Waals surface area contributed by atoms with E-state index < -0.39 is 6.19 Å². The average molecular weight is 137 g/mol. The van der Waals surface area contributed by atoms with Gasteiger partial charge in [0.25, 0.3) is 0 Å². The lowest BCUT2D eigenvalue weighted by atomic mass is 11.0. The standard InChI is InChI=1S/C4H12NPS/c1-3-6(5,7)4-2/h3-4H2,1-2H3,(H2,5,7). The fraction of sp³-hybridized carbons (Fsp3) is 1.00. The Morgan fingerprint density at radius 1 is 1.43 bits per heavy atom. The van der Waals surface area contributed by atoms with Crippen molar-refractivity contribution in [2.24, 2.45) is 5.50 Å². The van der Waals surface area contributed by atoms with Gasteiger partial charge in [-0.05, 0) is 12.3 Å². The summed E-state index contributed by atoms with van der Waals surface area (Å²) in [6.45, 7) is 4.12. The maximum absolute atomic E-state index is 5.64. The fourth-order valence-corrected chi connectivity index (χ4v) is 0.671. The number of hydrogen-bond acceptors (Lipinski definition) is 1. The van der Waals surface area contributed by atoms with Crippen molar-refractivity contribution in [3.8, 4) is 0 Å². The van der Waals surface area contributed by atoms with Gasteiger partial charge in [0.2, 0.25) is 0 Å². The Morgan fingerprint density at radius 2 is 1.71 bits per heavy atom. The SMILES string of the molecule is CCP(N)(=S)CC. The first-order valence-electron chi connectivity index (χ1n) is 2.49. The molecule has 7 heavy (non-hydrogen) atoms. The molecule has 0 aromatic carbocycles. The van der Waals surface area contributed by atoms with Crippen LogP contribution in [0, 0.1) is 0 Å². The summed E-state index contributed by atoms with van der Waals surface area (Å²) in [5, 5.41) is 0. The minimum Gasteiger partial charge on any atom is -0.302 e. The first kappa shape index (κ1) is 7.61. The zero-order valence-corrected chi connectivity index (χ0v) is 6.56. The van der Waals surface area contributed by atoms with E-state index in [1.807, 2.05) is 0 Å². The van der Waals surface area contributed by atoms with Crippen LogP contribution in [-0.4, -0.2) is 12.3 Å². The van der Waals surface area contributed by atoms with Crippen molar-refractivity contribution in [3.05, 3.63) is 0 Å². The molecule has 0 radical (unpaired) electrons. The Labute approximate surface area is 50.4 Å². The molecule has 0 aliphatic carbocycles. The molecule has 0 aromatic rings. The van der Waals surface area contributed by atoms with Gasteiger partial charge in [-0.3, -0.25) is 0 Å². The van der Waals surface area contributed by atoms with Gasteiger partial charge in [-0.2, -0.15) is 0 Å². The third-order valence-electron chi connectivity index (χ3n) is 1.07. The Hall–Kier alpha value is 0.610. The molecule has 1 nitrogen and oxygen atoms in total. The van der Waals surface area contributed by atoms with E-state index in [4.69, 9.17) is 17.3 Å². The van der Waals surface area contributed by atoms with Crippen LogP contribution in [0.25, 0.3) is 0 Å². The van der Waals surface area contributed by atoms with Crippen LogP contribution in [0.15, 0.2) is 0 Å². The summed E-state index contributed by atoms with van der Waals surface area (Å²) >= 11 is 5.03. The second-order valence-corrected chi connectivity index (χ2v) is 6.94. The first-order chi connectivity index (χ1) is 3.12. The highest BCUT2D eigenvalue weighted by Gasteiger charge is 2.00. The predicted octanol–water partition coefficient (Wildman–Crippen LogP) is 1.38. The van der Waals surface area contributed by atoms with Gasteiger partial charge in [0.05, 0.1) is 0 Å². The predicted molar refractivity (Wildman–Crippen MR) is 39.6 cm³/mol. The molecule has 0 unspecified atom stereocenters. The molecule has 0 aromatic heterocycles. The third-order valence-corrected chi connectivity index (χ3v) is 4.76. The third kappa shape index (κ3) is 3.22. The quantitative estimate of drug-likeness (QED) is 0.582. The molecule has 44 valence electrons. The van der Waals surface area contributed by atoms with Crippen LogP contribution in [0.4, 0.5) is 0 Å². The molecule has 0 saturated carbocycles. The van der Waals surface area contributed by atoms with Crippen molar-refractivity contribution in [2.45, 2.75) is 13.8 Å². The van der Waals surface area contributed by atoms with E-state index in [0.29, 0.717) is 0 Å². The van der Waals surface area contributed by atoms with Gasteiger partial charge >= 0.3 is 0 Å². The lowest BCUT2D eigenvalue weighted by Gasteiger charge is -2.08. The van der Waals surface area contributed by atoms with Gasteiger partial charge in [-0.1, -0.05) is 25.7 Å². The zero-order chi connectivity index (χ0) is 5.91. The maximum atomic E-state index is 5.64. The van der Waals surface area contributed by atoms with E-state index in [1.54, 1.807) is 0 Å². The van der Waals surface area contributed by atoms with Crippen LogP contribution in [0.5, 0.6) is 0 Å². The van der Waals surface area contributed by atoms with Crippen LogP contribution in [0.1, 0.15) is 13.8 Å². The molecule has 2 N–H and O–H groups in total. The van der Waals surface area contributed by atoms with Crippen LogP contribution < -0.4 is 5.50 Å². The van der Waals surface area contributed by atoms with Crippen molar-refractivity contribution < 1.29 is 0 Å². The van der Waals surface area contributed by atoms with E-state index in [0.717, 1.165) is 12.3 Å². The van der Waals surface area contributed by atoms with E-state index >= 15 is 0 Å². The Morgan fingerprint density at radius 3 is 1.71 bits per heavy atom. The number of nitrogens with two attached hydrogens (primary N) is 1. The van der Waals surface area contributed by atoms with Crippen LogP contribution in [-0.2, 0) is 11.8 Å². The molecule has 0 amide bonds. The topological polar surface area (TPSA) is 26.0 Å². The lowest BCUT2D eigenvalue weighted by Crippen LogP contribution is -1.97. The molecular formula is C4H12NPS. The zero-order valence-electron chi connectivity index (χ0n) is 4.85. The van der Waals surface area contributed by atoms with Gasteiger partial charge in [-0.15, -0.1) is 0 Å². The molecule has 0 spiro atoms. The summed E-state index contributed by atoms with van der Waals surface area (Å²) in [4.78, 5) is 0. The van der Waals surface area contributed by atoms with Gasteiger partial charge in [0.15, 0.2) is 0 Å². The molecular weight excluding hydrogens is 125 g/mol. The van der Waals surface area contributed by atoms with Crippen LogP contribution >= 0.6 is 6.19 Å². The van der Waals surface area contributed by atoms with Crippen molar-refractivity contribution in [2.75, 3.05) is 12.3 Å². The fourth-order valence-electron chi connectivity index (χ4n) is 0.224. The molecule has 0 atom stereocenters. The minimum atomic E-state index is -1.32. The molecule has 0 aliphatic rings. The molecule has 0 saturated heterocycles. The van der Waals surface area contributed by atoms with Gasteiger partial charge < -0.3 is 5.50 Å². The van der Waals surface area contributed by atoms with Crippen molar-refractivity contribution in [1.82, 2.24) is 0 Å². The monoisotopic (exact) mass is 137 g/mol. The van der Waals surface area contributed by atoms with Gasteiger partial charge in [-0.25, -0.2) is 0 Å². The molecule has 0 fully saturated rings. The highest BCUT2D eigenvalue weighted by Crippen LogP contribution is 2.34. The normalized spacial score (nSPS) is 11.9. The molecule has 0 bridgehead atoms. The molecule has 0 rings (SSSR count). The summed E-state index contributed by atoms with van der Waals surface area (Å²) < 4.78 is 0. The summed E-state index contributed by atoms with van der Waals surface area (Å²) in [5.41, 5.74) is 5.64. The largest absolute Gasteiger partial charge is 0.302 e. The van der Waals surface area contributed by atoms with Gasteiger partial charge in [0.1, 0.15) is 0 Å². The van der Waals surface area contributed by atoms with E-state index in [2.05, 4.69) is 13.8 Å². The first-order valence-corrected chi connectivity index (χ1v) is 5.73. The average Bonchev–Trinajstić information content (AvgIpc) is 1.68. The second kappa shape index (κ2) is 2.81. The lowest BCUT2D eigenvalue weighted by molar-refractivity contribution is 1.39. The summed E-state index contributed by atoms with van der Waals surface area (Å²) in [6.07, 6.45) is 0.677. The van der Waals surface area contributed by atoms with Crippen molar-refractivity contribution >= 4 is 18.0 Å². The number of rotatable bonds is 2. The molecule has 0 aliphatic heterocycles. The van der Waals surface area contributed by atoms with E-state index in [9.17, 15) is 0 Å². The Balaban J connectivity index is 3.61. The van der Waals surface area contributed by atoms with Crippen LogP contribution in [0.3, 0.4) is 0 Å². The Bertz CT molecular complexity index is 83.7. The van der Waals surface area contributed by atoms with Gasteiger partial charge in [0, 0.05) is 6.19 Å². The highest BCUT2D eigenvalue weighted by atomic mass is 32.4. The smallest absolute Gasteiger partial charge is 0.00933 e. The second-order valence-electron chi connectivity index (χ2n) is 1.58. The summed E-state index contributed by atoms with van der Waals surface area (Å²) in [7, 11) is 0. The van der Waals surface area contributed by atoms with Crippen LogP contribution in [0.2, 0.25) is 0 Å². The maximum Gasteiger partial charge on any atom is 0.00933 e. The van der Waals surface area contributed by atoms with E-state index in [1.165, 1.54) is 0 Å². The van der Waals surface area contributed by atoms with Crippen molar-refractivity contribution in [3.63, 3.8) is 0 Å². The molecule has 3 heteroatoms. The summed E-state index contributed by atoms with van der Waals surface area (Å²) in [5.74, 6) is 0. The van der Waals surface area contributed by atoms with E-state index in [-0.39, 0.29) is 0 Å². The number of hydrogen-bond donors (Lipinski definition) is 1. The summed E-state index contributed by atoms with van der Waals surface area (Å²) in [6, 6.07) is 0. The van der Waals surface area contributed by atoms with Crippen molar-refractivity contribution in [1.29, 1.82) is 0 Å². The minimum absolute atomic E-state index is 0.999. The highest BCUT2D eigenvalue weighted by molar-refractivity contribution is 8.13.